The topological polar surface area (TPSA) is 46.2 Å². The zero-order chi connectivity index (χ0) is 12.4. The summed E-state index contributed by atoms with van der Waals surface area (Å²) < 4.78 is 0. The third-order valence-electron chi connectivity index (χ3n) is 6.54. The fourth-order valence-corrected chi connectivity index (χ4v) is 5.98. The van der Waals surface area contributed by atoms with Crippen LogP contribution >= 0.6 is 0 Å². The van der Waals surface area contributed by atoms with Gasteiger partial charge in [0, 0.05) is 0 Å². The summed E-state index contributed by atoms with van der Waals surface area (Å²) in [4.78, 5) is 25.1. The van der Waals surface area contributed by atoms with Gasteiger partial charge < -0.3 is 0 Å². The molecule has 1 heterocycles. The van der Waals surface area contributed by atoms with Crippen molar-refractivity contribution in [2.45, 2.75) is 57.8 Å². The monoisotopic (exact) mass is 247 g/mol. The maximum Gasteiger partial charge on any atom is 0.234 e. The van der Waals surface area contributed by atoms with Crippen LogP contribution in [0.4, 0.5) is 0 Å². The minimum absolute atomic E-state index is 0.0848. The molecule has 0 bridgehead atoms. The van der Waals surface area contributed by atoms with Crippen LogP contribution in [0.15, 0.2) is 0 Å². The van der Waals surface area contributed by atoms with Gasteiger partial charge in [-0.15, -0.1) is 0 Å². The normalized spacial score (nSPS) is 50.4. The van der Waals surface area contributed by atoms with Gasteiger partial charge in [0.25, 0.3) is 0 Å². The number of hydrogen-bond acceptors (Lipinski definition) is 2. The van der Waals surface area contributed by atoms with Crippen molar-refractivity contribution in [2.75, 3.05) is 0 Å². The lowest BCUT2D eigenvalue weighted by Crippen LogP contribution is -2.49. The fourth-order valence-electron chi connectivity index (χ4n) is 5.98. The molecule has 0 aromatic carbocycles. The van der Waals surface area contributed by atoms with Gasteiger partial charge in [-0.25, -0.2) is 0 Å². The molecule has 3 heteroatoms. The highest BCUT2D eigenvalue weighted by atomic mass is 16.2. The van der Waals surface area contributed by atoms with E-state index in [0.29, 0.717) is 11.8 Å². The van der Waals surface area contributed by atoms with Crippen LogP contribution in [-0.2, 0) is 9.59 Å². The number of hydrogen-bond donors (Lipinski definition) is 1. The Hall–Kier alpha value is -0.860. The van der Waals surface area contributed by atoms with Gasteiger partial charge in [-0.2, -0.15) is 0 Å². The molecule has 4 aliphatic rings. The van der Waals surface area contributed by atoms with Crippen molar-refractivity contribution in [3.63, 3.8) is 0 Å². The van der Waals surface area contributed by atoms with Gasteiger partial charge in [0.2, 0.25) is 11.8 Å². The average molecular weight is 247 g/mol. The minimum Gasteiger partial charge on any atom is -0.295 e. The van der Waals surface area contributed by atoms with Gasteiger partial charge in [0.05, 0.1) is 10.8 Å². The molecule has 98 valence electrons. The third kappa shape index (κ3) is 0.960. The largest absolute Gasteiger partial charge is 0.295 e. The highest BCUT2D eigenvalue weighted by Crippen LogP contribution is 2.71. The molecule has 4 atom stereocenters. The highest BCUT2D eigenvalue weighted by Gasteiger charge is 2.75. The molecule has 2 spiro atoms. The summed E-state index contributed by atoms with van der Waals surface area (Å²) in [5.41, 5.74) is -0.596. The molecule has 0 aromatic heterocycles. The number of rotatable bonds is 0. The zero-order valence-electron chi connectivity index (χ0n) is 10.8. The fraction of sp³-hybridized carbons (Fsp3) is 0.867. The van der Waals surface area contributed by atoms with Crippen LogP contribution in [0, 0.1) is 22.7 Å². The van der Waals surface area contributed by atoms with Gasteiger partial charge >= 0.3 is 0 Å². The first kappa shape index (κ1) is 11.0. The van der Waals surface area contributed by atoms with Crippen LogP contribution in [0.3, 0.4) is 0 Å². The molecule has 3 nitrogen and oxygen atoms in total. The standard InChI is InChI=1S/C15H21NO2/c17-12-14-7-3-1-5-10(14)9-11-6-2-4-8-15(11,14)13(18)16-12/h10-11H,1-9H2,(H,16,17,18). The smallest absolute Gasteiger partial charge is 0.234 e. The molecule has 0 aromatic rings. The van der Waals surface area contributed by atoms with Crippen molar-refractivity contribution in [2.24, 2.45) is 22.7 Å². The van der Waals surface area contributed by atoms with Crippen molar-refractivity contribution in [1.29, 1.82) is 0 Å². The summed E-state index contributed by atoms with van der Waals surface area (Å²) in [6, 6.07) is 0. The minimum atomic E-state index is -0.298. The summed E-state index contributed by atoms with van der Waals surface area (Å²) in [7, 11) is 0. The number of imide groups is 1. The van der Waals surface area contributed by atoms with Gasteiger partial charge in [0.1, 0.15) is 0 Å². The summed E-state index contributed by atoms with van der Waals surface area (Å²) in [6.45, 7) is 0. The van der Waals surface area contributed by atoms with Crippen LogP contribution in [0.1, 0.15) is 57.8 Å². The molecule has 4 fully saturated rings. The van der Waals surface area contributed by atoms with E-state index in [1.807, 2.05) is 0 Å². The maximum atomic E-state index is 12.5. The molecule has 1 saturated heterocycles. The van der Waals surface area contributed by atoms with Crippen molar-refractivity contribution < 1.29 is 9.59 Å². The zero-order valence-corrected chi connectivity index (χ0v) is 10.8. The lowest BCUT2D eigenvalue weighted by atomic mass is 9.53. The Morgan fingerprint density at radius 3 is 1.83 bits per heavy atom. The Morgan fingerprint density at radius 1 is 0.833 bits per heavy atom. The lowest BCUT2D eigenvalue weighted by Gasteiger charge is -2.46. The van der Waals surface area contributed by atoms with Crippen LogP contribution in [0.25, 0.3) is 0 Å². The molecule has 3 aliphatic carbocycles. The van der Waals surface area contributed by atoms with E-state index in [2.05, 4.69) is 5.32 Å². The Morgan fingerprint density at radius 2 is 1.33 bits per heavy atom. The summed E-state index contributed by atoms with van der Waals surface area (Å²) >= 11 is 0. The predicted molar refractivity (Wildman–Crippen MR) is 66.5 cm³/mol. The Bertz CT molecular complexity index is 394. The SMILES string of the molecule is O=C1NC(=O)C23CCCCC2CC2CCCCC123. The third-order valence-corrected chi connectivity index (χ3v) is 6.54. The van der Waals surface area contributed by atoms with E-state index < -0.39 is 0 Å². The number of carbonyl (C=O) groups is 2. The van der Waals surface area contributed by atoms with Crippen LogP contribution in [0.2, 0.25) is 0 Å². The van der Waals surface area contributed by atoms with Crippen LogP contribution in [-0.4, -0.2) is 11.8 Å². The van der Waals surface area contributed by atoms with Gasteiger partial charge in [-0.1, -0.05) is 25.7 Å². The Labute approximate surface area is 108 Å². The first-order valence-corrected chi connectivity index (χ1v) is 7.58. The first-order chi connectivity index (χ1) is 8.72. The quantitative estimate of drug-likeness (QED) is 0.668. The Kier molecular flexibility index (Phi) is 2.06. The Balaban J connectivity index is 1.91. The second-order valence-corrected chi connectivity index (χ2v) is 6.85. The molecule has 2 amide bonds. The van der Waals surface area contributed by atoms with E-state index in [4.69, 9.17) is 0 Å². The molecule has 4 rings (SSSR count). The van der Waals surface area contributed by atoms with Crippen molar-refractivity contribution >= 4 is 11.8 Å². The van der Waals surface area contributed by atoms with E-state index >= 15 is 0 Å². The molecular weight excluding hydrogens is 226 g/mol. The van der Waals surface area contributed by atoms with E-state index in [1.165, 1.54) is 25.7 Å². The van der Waals surface area contributed by atoms with Crippen molar-refractivity contribution in [3.05, 3.63) is 0 Å². The van der Waals surface area contributed by atoms with Crippen molar-refractivity contribution in [3.8, 4) is 0 Å². The van der Waals surface area contributed by atoms with E-state index in [9.17, 15) is 9.59 Å². The van der Waals surface area contributed by atoms with E-state index in [-0.39, 0.29) is 22.6 Å². The number of nitrogens with one attached hydrogen (secondary N) is 1. The highest BCUT2D eigenvalue weighted by molar-refractivity contribution is 6.10. The van der Waals surface area contributed by atoms with Gasteiger partial charge in [-0.05, 0) is 43.9 Å². The number of amides is 2. The molecule has 0 radical (unpaired) electrons. The summed E-state index contributed by atoms with van der Waals surface area (Å²) in [5, 5.41) is 2.72. The van der Waals surface area contributed by atoms with Gasteiger partial charge in [0.15, 0.2) is 0 Å². The second-order valence-electron chi connectivity index (χ2n) is 6.85. The predicted octanol–water partition coefficient (Wildman–Crippen LogP) is 2.40. The first-order valence-electron chi connectivity index (χ1n) is 7.58. The van der Waals surface area contributed by atoms with E-state index in [1.54, 1.807) is 0 Å². The average Bonchev–Trinajstić information content (AvgIpc) is 2.79. The summed E-state index contributed by atoms with van der Waals surface area (Å²) in [6.07, 6.45) is 10.2. The molecule has 3 saturated carbocycles. The van der Waals surface area contributed by atoms with E-state index in [0.717, 1.165) is 32.1 Å². The molecule has 1 aliphatic heterocycles. The van der Waals surface area contributed by atoms with Gasteiger partial charge in [-0.3, -0.25) is 14.9 Å². The number of carbonyl (C=O) groups excluding carboxylic acids is 2. The molecular formula is C15H21NO2. The van der Waals surface area contributed by atoms with Crippen LogP contribution in [0.5, 0.6) is 0 Å². The summed E-state index contributed by atoms with van der Waals surface area (Å²) in [5.74, 6) is 1.14. The van der Waals surface area contributed by atoms with Crippen LogP contribution < -0.4 is 5.32 Å². The van der Waals surface area contributed by atoms with Crippen molar-refractivity contribution in [1.82, 2.24) is 5.32 Å². The lowest BCUT2D eigenvalue weighted by molar-refractivity contribution is -0.142. The molecule has 1 N–H and O–H groups in total. The second kappa shape index (κ2) is 3.37. The molecule has 4 unspecified atom stereocenters. The molecule has 18 heavy (non-hydrogen) atoms. The maximum absolute atomic E-state index is 12.5.